The third kappa shape index (κ3) is 3.56. The monoisotopic (exact) mass is 359 g/mol. The zero-order valence-electron chi connectivity index (χ0n) is 11.2. The third-order valence-corrected chi connectivity index (χ3v) is 4.59. The van der Waals surface area contributed by atoms with Crippen molar-refractivity contribution in [3.05, 3.63) is 16.1 Å². The fraction of sp³-hybridized carbons (Fsp3) is 0.714. The summed E-state index contributed by atoms with van der Waals surface area (Å²) in [7, 11) is 0. The van der Waals surface area contributed by atoms with Crippen molar-refractivity contribution in [1.82, 2.24) is 9.97 Å². The van der Waals surface area contributed by atoms with E-state index < -0.39 is 0 Å². The zero-order valence-corrected chi connectivity index (χ0v) is 13.4. The van der Waals surface area contributed by atoms with E-state index in [-0.39, 0.29) is 0 Å². The largest absolute Gasteiger partial charge is 0.369 e. The molecule has 1 aromatic heterocycles. The van der Waals surface area contributed by atoms with Crippen LogP contribution in [0.15, 0.2) is 12.5 Å². The maximum atomic E-state index is 4.32. The normalized spacial score (nSPS) is 18.2. The van der Waals surface area contributed by atoms with Crippen molar-refractivity contribution in [2.24, 2.45) is 11.3 Å². The smallest absolute Gasteiger partial charge is 0.142 e. The van der Waals surface area contributed by atoms with Crippen LogP contribution >= 0.6 is 22.6 Å². The Morgan fingerprint density at radius 2 is 2.11 bits per heavy atom. The number of aromatic nitrogens is 2. The molecule has 0 aromatic carbocycles. The first-order valence-corrected chi connectivity index (χ1v) is 7.89. The minimum absolute atomic E-state index is 0.488. The van der Waals surface area contributed by atoms with E-state index >= 15 is 0 Å². The molecule has 0 saturated heterocycles. The van der Waals surface area contributed by atoms with Crippen LogP contribution in [0.25, 0.3) is 0 Å². The molecule has 100 valence electrons. The van der Waals surface area contributed by atoms with Gasteiger partial charge in [-0.3, -0.25) is 0 Å². The molecule has 1 fully saturated rings. The van der Waals surface area contributed by atoms with Crippen molar-refractivity contribution in [2.75, 3.05) is 11.9 Å². The number of anilines is 1. The lowest BCUT2D eigenvalue weighted by Crippen LogP contribution is -2.29. The molecule has 0 spiro atoms. The van der Waals surface area contributed by atoms with E-state index in [4.69, 9.17) is 0 Å². The lowest BCUT2D eigenvalue weighted by atomic mass is 9.78. The van der Waals surface area contributed by atoms with Gasteiger partial charge in [0.1, 0.15) is 12.1 Å². The Labute approximate surface area is 123 Å². The fourth-order valence-electron chi connectivity index (χ4n) is 3.16. The standard InChI is InChI=1S/C14H22IN3/c1-11(2)7-14(5-3-4-6-14)9-17-13-12(15)8-16-10-18-13/h8,10-11H,3-7,9H2,1-2H3,(H,16,17,18). The number of hydrogen-bond acceptors (Lipinski definition) is 3. The topological polar surface area (TPSA) is 37.8 Å². The molecule has 4 heteroatoms. The highest BCUT2D eigenvalue weighted by atomic mass is 127. The lowest BCUT2D eigenvalue weighted by molar-refractivity contribution is 0.252. The second-order valence-corrected chi connectivity index (χ2v) is 7.04. The minimum atomic E-state index is 0.488. The maximum absolute atomic E-state index is 4.32. The van der Waals surface area contributed by atoms with Crippen LogP contribution in [0.3, 0.4) is 0 Å². The van der Waals surface area contributed by atoms with Gasteiger partial charge in [0, 0.05) is 12.7 Å². The molecule has 0 unspecified atom stereocenters. The van der Waals surface area contributed by atoms with Crippen LogP contribution in [0.1, 0.15) is 46.0 Å². The summed E-state index contributed by atoms with van der Waals surface area (Å²) in [6.07, 6.45) is 10.3. The van der Waals surface area contributed by atoms with Crippen molar-refractivity contribution >= 4 is 28.4 Å². The van der Waals surface area contributed by atoms with Gasteiger partial charge in [-0.05, 0) is 53.2 Å². The van der Waals surface area contributed by atoms with Crippen molar-refractivity contribution in [3.63, 3.8) is 0 Å². The molecule has 0 amide bonds. The summed E-state index contributed by atoms with van der Waals surface area (Å²) in [4.78, 5) is 8.35. The Hall–Kier alpha value is -0.390. The Morgan fingerprint density at radius 1 is 1.39 bits per heavy atom. The zero-order chi connectivity index (χ0) is 13.0. The lowest BCUT2D eigenvalue weighted by Gasteiger charge is -2.31. The van der Waals surface area contributed by atoms with Gasteiger partial charge in [0.05, 0.1) is 3.57 Å². The van der Waals surface area contributed by atoms with E-state index in [1.165, 1.54) is 32.1 Å². The van der Waals surface area contributed by atoms with Gasteiger partial charge in [0.25, 0.3) is 0 Å². The molecule has 1 saturated carbocycles. The Kier molecular flexibility index (Phi) is 4.81. The molecule has 0 aliphatic heterocycles. The summed E-state index contributed by atoms with van der Waals surface area (Å²) >= 11 is 2.29. The molecule has 1 aliphatic carbocycles. The summed E-state index contributed by atoms with van der Waals surface area (Å²) in [6.45, 7) is 5.71. The van der Waals surface area contributed by atoms with E-state index in [0.717, 1.165) is 21.9 Å². The van der Waals surface area contributed by atoms with Crippen LogP contribution in [0.2, 0.25) is 0 Å². The summed E-state index contributed by atoms with van der Waals surface area (Å²) < 4.78 is 1.10. The van der Waals surface area contributed by atoms with Crippen LogP contribution in [-0.4, -0.2) is 16.5 Å². The molecule has 1 N–H and O–H groups in total. The molecular formula is C14H22IN3. The highest BCUT2D eigenvalue weighted by molar-refractivity contribution is 14.1. The Bertz CT molecular complexity index is 386. The van der Waals surface area contributed by atoms with Gasteiger partial charge in [0.15, 0.2) is 0 Å². The van der Waals surface area contributed by atoms with Crippen LogP contribution in [-0.2, 0) is 0 Å². The van der Waals surface area contributed by atoms with Crippen molar-refractivity contribution in [1.29, 1.82) is 0 Å². The van der Waals surface area contributed by atoms with Gasteiger partial charge < -0.3 is 5.32 Å². The fourth-order valence-corrected chi connectivity index (χ4v) is 3.65. The summed E-state index contributed by atoms with van der Waals surface area (Å²) in [6, 6.07) is 0. The van der Waals surface area contributed by atoms with Gasteiger partial charge in [0.2, 0.25) is 0 Å². The van der Waals surface area contributed by atoms with Gasteiger partial charge in [-0.1, -0.05) is 26.7 Å². The van der Waals surface area contributed by atoms with Gasteiger partial charge >= 0.3 is 0 Å². The van der Waals surface area contributed by atoms with E-state index in [1.807, 2.05) is 6.20 Å². The van der Waals surface area contributed by atoms with E-state index in [1.54, 1.807) is 6.33 Å². The Morgan fingerprint density at radius 3 is 2.72 bits per heavy atom. The second-order valence-electron chi connectivity index (χ2n) is 5.88. The van der Waals surface area contributed by atoms with Crippen LogP contribution in [0.4, 0.5) is 5.82 Å². The van der Waals surface area contributed by atoms with E-state index in [0.29, 0.717) is 5.41 Å². The number of halogens is 1. The molecule has 0 bridgehead atoms. The molecule has 1 aromatic rings. The van der Waals surface area contributed by atoms with Gasteiger partial charge in [-0.25, -0.2) is 9.97 Å². The van der Waals surface area contributed by atoms with Gasteiger partial charge in [-0.2, -0.15) is 0 Å². The Balaban J connectivity index is 2.00. The highest BCUT2D eigenvalue weighted by Gasteiger charge is 2.34. The van der Waals surface area contributed by atoms with Crippen molar-refractivity contribution in [3.8, 4) is 0 Å². The molecule has 2 rings (SSSR count). The minimum Gasteiger partial charge on any atom is -0.369 e. The maximum Gasteiger partial charge on any atom is 0.142 e. The van der Waals surface area contributed by atoms with Crippen molar-refractivity contribution in [2.45, 2.75) is 46.0 Å². The van der Waals surface area contributed by atoms with Crippen LogP contribution < -0.4 is 5.32 Å². The number of nitrogens with zero attached hydrogens (tertiary/aromatic N) is 2. The average Bonchev–Trinajstić information content (AvgIpc) is 2.76. The predicted octanol–water partition coefficient (Wildman–Crippen LogP) is 4.10. The molecule has 0 atom stereocenters. The van der Waals surface area contributed by atoms with Crippen LogP contribution in [0, 0.1) is 14.9 Å². The SMILES string of the molecule is CC(C)CC1(CNc2ncncc2I)CCCC1. The molecular weight excluding hydrogens is 337 g/mol. The second kappa shape index (κ2) is 6.17. The van der Waals surface area contributed by atoms with Gasteiger partial charge in [-0.15, -0.1) is 0 Å². The first kappa shape index (κ1) is 14.0. The number of hydrogen-bond donors (Lipinski definition) is 1. The summed E-state index contributed by atoms with van der Waals surface area (Å²) in [5, 5.41) is 3.54. The number of nitrogens with one attached hydrogen (secondary N) is 1. The number of rotatable bonds is 5. The predicted molar refractivity (Wildman–Crippen MR) is 83.6 cm³/mol. The molecule has 1 aliphatic rings. The molecule has 1 heterocycles. The quantitative estimate of drug-likeness (QED) is 0.805. The third-order valence-electron chi connectivity index (χ3n) is 3.80. The first-order chi connectivity index (χ1) is 8.61. The summed E-state index contributed by atoms with van der Waals surface area (Å²) in [5.41, 5.74) is 0.488. The summed E-state index contributed by atoms with van der Waals surface area (Å²) in [5.74, 6) is 1.76. The highest BCUT2D eigenvalue weighted by Crippen LogP contribution is 2.43. The van der Waals surface area contributed by atoms with Crippen molar-refractivity contribution < 1.29 is 0 Å². The van der Waals surface area contributed by atoms with Crippen LogP contribution in [0.5, 0.6) is 0 Å². The first-order valence-electron chi connectivity index (χ1n) is 6.81. The molecule has 18 heavy (non-hydrogen) atoms. The average molecular weight is 359 g/mol. The van der Waals surface area contributed by atoms with E-state index in [9.17, 15) is 0 Å². The molecule has 0 radical (unpaired) electrons. The molecule has 3 nitrogen and oxygen atoms in total. The van der Waals surface area contributed by atoms with E-state index in [2.05, 4.69) is 51.7 Å².